The lowest BCUT2D eigenvalue weighted by atomic mass is 9.88. The first kappa shape index (κ1) is 29.1. The van der Waals surface area contributed by atoms with Crippen molar-refractivity contribution in [3.05, 3.63) is 71.8 Å². The van der Waals surface area contributed by atoms with E-state index in [1.54, 1.807) is 18.2 Å². The maximum Gasteiger partial charge on any atom is 0.254 e. The van der Waals surface area contributed by atoms with E-state index >= 15 is 0 Å². The van der Waals surface area contributed by atoms with Crippen LogP contribution in [0.5, 0.6) is 11.5 Å². The highest BCUT2D eigenvalue weighted by molar-refractivity contribution is 5.97. The molecular weight excluding hydrogens is 540 g/mol. The fraction of sp³-hybridized carbons (Fsp3) is 0.429. The molecule has 6 rings (SSSR count). The Morgan fingerprint density at radius 2 is 1.67 bits per heavy atom. The summed E-state index contributed by atoms with van der Waals surface area (Å²) in [6.45, 7) is 3.70. The van der Waals surface area contributed by atoms with Gasteiger partial charge in [0.25, 0.3) is 5.91 Å². The van der Waals surface area contributed by atoms with E-state index in [1.165, 1.54) is 19.3 Å². The average Bonchev–Trinajstić information content (AvgIpc) is 3.76. The van der Waals surface area contributed by atoms with E-state index in [2.05, 4.69) is 46.6 Å². The maximum atomic E-state index is 13.6. The second kappa shape index (κ2) is 13.5. The zero-order valence-electron chi connectivity index (χ0n) is 24.9. The third-order valence-corrected chi connectivity index (χ3v) is 8.85. The number of fused-ring (bicyclic) bond motifs is 1. The molecular formula is C35H42N4O4. The molecule has 0 spiro atoms. The van der Waals surface area contributed by atoms with Crippen LogP contribution in [-0.4, -0.2) is 49.7 Å². The van der Waals surface area contributed by atoms with E-state index in [4.69, 9.17) is 15.2 Å². The van der Waals surface area contributed by atoms with Crippen LogP contribution in [0.4, 0.5) is 11.4 Å². The lowest BCUT2D eigenvalue weighted by Crippen LogP contribution is -2.32. The van der Waals surface area contributed by atoms with Crippen molar-refractivity contribution in [2.45, 2.75) is 57.9 Å². The Kier molecular flexibility index (Phi) is 9.13. The zero-order chi connectivity index (χ0) is 29.6. The summed E-state index contributed by atoms with van der Waals surface area (Å²) in [6, 6.07) is 20.1. The predicted molar refractivity (Wildman–Crippen MR) is 170 cm³/mol. The number of nitrogens with two attached hydrogens (primary N) is 1. The van der Waals surface area contributed by atoms with Gasteiger partial charge in [-0.05, 0) is 91.7 Å². The molecule has 2 amide bonds. The molecule has 2 heterocycles. The summed E-state index contributed by atoms with van der Waals surface area (Å²) in [6.07, 6.45) is 8.47. The largest absolute Gasteiger partial charge is 0.454 e. The number of benzene rings is 3. The summed E-state index contributed by atoms with van der Waals surface area (Å²) in [4.78, 5) is 31.1. The van der Waals surface area contributed by atoms with Gasteiger partial charge < -0.3 is 30.3 Å². The lowest BCUT2D eigenvalue weighted by molar-refractivity contribution is -0.120. The molecule has 43 heavy (non-hydrogen) atoms. The highest BCUT2D eigenvalue weighted by atomic mass is 16.7. The van der Waals surface area contributed by atoms with Gasteiger partial charge in [0.15, 0.2) is 11.5 Å². The van der Waals surface area contributed by atoms with Crippen LogP contribution in [0.15, 0.2) is 60.7 Å². The Morgan fingerprint density at radius 1 is 0.884 bits per heavy atom. The van der Waals surface area contributed by atoms with Crippen molar-refractivity contribution in [1.29, 1.82) is 0 Å². The fourth-order valence-corrected chi connectivity index (χ4v) is 6.47. The highest BCUT2D eigenvalue weighted by Crippen LogP contribution is 2.36. The molecule has 8 nitrogen and oxygen atoms in total. The number of nitrogens with one attached hydrogen (secondary N) is 1. The molecule has 1 saturated carbocycles. The van der Waals surface area contributed by atoms with Crippen molar-refractivity contribution in [1.82, 2.24) is 4.90 Å². The first-order valence-corrected chi connectivity index (χ1v) is 15.8. The Balaban J connectivity index is 1.24. The van der Waals surface area contributed by atoms with E-state index < -0.39 is 0 Å². The van der Waals surface area contributed by atoms with Crippen LogP contribution in [0.2, 0.25) is 0 Å². The first-order valence-electron chi connectivity index (χ1n) is 15.8. The SMILES string of the molecule is NCCCN(Cc1cccc(-c2ccc(N3CCCC3)c(NC(=O)C3CCCCC3)c2)c1)C(=O)c1ccc2c(c1)OCO2. The van der Waals surface area contributed by atoms with Gasteiger partial charge in [-0.1, -0.05) is 43.5 Å². The van der Waals surface area contributed by atoms with Crippen molar-refractivity contribution in [3.63, 3.8) is 0 Å². The van der Waals surface area contributed by atoms with Crippen molar-refractivity contribution in [2.24, 2.45) is 11.7 Å². The first-order chi connectivity index (χ1) is 21.1. The van der Waals surface area contributed by atoms with Crippen LogP contribution in [0, 0.1) is 5.92 Å². The van der Waals surface area contributed by atoms with Gasteiger partial charge in [0.05, 0.1) is 11.4 Å². The molecule has 3 aliphatic rings. The van der Waals surface area contributed by atoms with Crippen molar-refractivity contribution < 1.29 is 19.1 Å². The van der Waals surface area contributed by atoms with Crippen molar-refractivity contribution >= 4 is 23.2 Å². The fourth-order valence-electron chi connectivity index (χ4n) is 6.47. The summed E-state index contributed by atoms with van der Waals surface area (Å²) >= 11 is 0. The minimum atomic E-state index is -0.0696. The molecule has 2 fully saturated rings. The van der Waals surface area contributed by atoms with E-state index in [0.29, 0.717) is 43.1 Å². The Hall–Kier alpha value is -4.04. The number of anilines is 2. The summed E-state index contributed by atoms with van der Waals surface area (Å²) < 4.78 is 10.9. The van der Waals surface area contributed by atoms with Gasteiger partial charge in [-0.25, -0.2) is 0 Å². The van der Waals surface area contributed by atoms with E-state index in [9.17, 15) is 9.59 Å². The molecule has 3 aromatic carbocycles. The third-order valence-electron chi connectivity index (χ3n) is 8.85. The monoisotopic (exact) mass is 582 g/mol. The highest BCUT2D eigenvalue weighted by Gasteiger charge is 2.24. The third kappa shape index (κ3) is 6.80. The van der Waals surface area contributed by atoms with Gasteiger partial charge in [0.2, 0.25) is 12.7 Å². The molecule has 0 unspecified atom stereocenters. The van der Waals surface area contributed by atoms with E-state index in [-0.39, 0.29) is 24.5 Å². The molecule has 0 aromatic heterocycles. The van der Waals surface area contributed by atoms with Crippen LogP contribution in [-0.2, 0) is 11.3 Å². The second-order valence-electron chi connectivity index (χ2n) is 11.9. The zero-order valence-corrected chi connectivity index (χ0v) is 24.9. The number of amides is 2. The number of nitrogens with zero attached hydrogens (tertiary/aromatic N) is 2. The van der Waals surface area contributed by atoms with Crippen LogP contribution >= 0.6 is 0 Å². The maximum absolute atomic E-state index is 13.6. The van der Waals surface area contributed by atoms with Gasteiger partial charge in [-0.2, -0.15) is 0 Å². The Morgan fingerprint density at radius 3 is 2.49 bits per heavy atom. The number of hydrogen-bond acceptors (Lipinski definition) is 6. The van der Waals surface area contributed by atoms with Gasteiger partial charge in [-0.15, -0.1) is 0 Å². The van der Waals surface area contributed by atoms with Crippen LogP contribution in [0.3, 0.4) is 0 Å². The molecule has 1 saturated heterocycles. The number of hydrogen-bond donors (Lipinski definition) is 2. The molecule has 1 aliphatic carbocycles. The molecule has 0 atom stereocenters. The summed E-state index contributed by atoms with van der Waals surface area (Å²) in [5.74, 6) is 1.41. The average molecular weight is 583 g/mol. The predicted octanol–water partition coefficient (Wildman–Crippen LogP) is 6.19. The minimum absolute atomic E-state index is 0.0696. The van der Waals surface area contributed by atoms with Gasteiger partial charge >= 0.3 is 0 Å². The van der Waals surface area contributed by atoms with Crippen LogP contribution in [0.1, 0.15) is 67.3 Å². The summed E-state index contributed by atoms with van der Waals surface area (Å²) in [5.41, 5.74) is 11.5. The molecule has 226 valence electrons. The summed E-state index contributed by atoms with van der Waals surface area (Å²) in [7, 11) is 0. The Bertz CT molecular complexity index is 1450. The second-order valence-corrected chi connectivity index (χ2v) is 11.9. The smallest absolute Gasteiger partial charge is 0.254 e. The van der Waals surface area contributed by atoms with Crippen molar-refractivity contribution in [3.8, 4) is 22.6 Å². The molecule has 0 radical (unpaired) electrons. The topological polar surface area (TPSA) is 97.1 Å². The minimum Gasteiger partial charge on any atom is -0.454 e. The van der Waals surface area contributed by atoms with E-state index in [1.807, 2.05) is 11.0 Å². The number of carbonyl (C=O) groups excluding carboxylic acids is 2. The molecule has 2 aliphatic heterocycles. The summed E-state index contributed by atoms with van der Waals surface area (Å²) in [5, 5.41) is 3.32. The van der Waals surface area contributed by atoms with Crippen molar-refractivity contribution in [2.75, 3.05) is 43.2 Å². The molecule has 0 bridgehead atoms. The van der Waals surface area contributed by atoms with Gasteiger partial charge in [0.1, 0.15) is 0 Å². The quantitative estimate of drug-likeness (QED) is 0.296. The molecule has 3 aromatic rings. The standard InChI is InChI=1S/C35H42N4O4/c36-16-7-19-39(35(41)29-13-15-32-33(22-29)43-24-42-32)23-25-8-6-11-27(20-25)28-12-14-31(38-17-4-5-18-38)30(21-28)37-34(40)26-9-2-1-3-10-26/h6,8,11-15,20-22,26H,1-5,7,9-10,16-19,23-24,36H2,(H,37,40). The molecule has 8 heteroatoms. The number of ether oxygens (including phenoxy) is 2. The normalized spacial score (nSPS) is 16.3. The van der Waals surface area contributed by atoms with Gasteiger partial charge in [0, 0.05) is 37.7 Å². The van der Waals surface area contributed by atoms with Gasteiger partial charge in [-0.3, -0.25) is 9.59 Å². The van der Waals surface area contributed by atoms with E-state index in [0.717, 1.165) is 66.8 Å². The number of rotatable bonds is 10. The lowest BCUT2D eigenvalue weighted by Gasteiger charge is -2.25. The van der Waals surface area contributed by atoms with Crippen LogP contribution in [0.25, 0.3) is 11.1 Å². The van der Waals surface area contributed by atoms with Crippen LogP contribution < -0.4 is 25.4 Å². The number of carbonyl (C=O) groups is 2. The molecule has 3 N–H and O–H groups in total. The Labute approximate surface area is 254 Å².